The summed E-state index contributed by atoms with van der Waals surface area (Å²) in [6.45, 7) is 2.22. The number of benzene rings is 3. The maximum atomic E-state index is 13.2. The lowest BCUT2D eigenvalue weighted by Gasteiger charge is -2.26. The Hall–Kier alpha value is -2.75. The number of urea groups is 1. The Labute approximate surface area is 221 Å². The molecule has 172 valence electrons. The summed E-state index contributed by atoms with van der Waals surface area (Å²) in [5.74, 6) is -0.864. The normalized spacial score (nSPS) is 15.0. The number of carbonyl (C=O) groups is 3. The predicted octanol–water partition coefficient (Wildman–Crippen LogP) is 6.53. The lowest BCUT2D eigenvalue weighted by Crippen LogP contribution is -2.54. The third-order valence-corrected chi connectivity index (χ3v) is 7.13. The van der Waals surface area contributed by atoms with Crippen molar-refractivity contribution in [3.8, 4) is 5.75 Å². The zero-order valence-corrected chi connectivity index (χ0v) is 22.5. The van der Waals surface area contributed by atoms with Crippen LogP contribution in [0.15, 0.2) is 79.7 Å². The van der Waals surface area contributed by atoms with Gasteiger partial charge in [-0.1, -0.05) is 46.3 Å². The molecule has 9 heteroatoms. The molecule has 34 heavy (non-hydrogen) atoms. The maximum Gasteiger partial charge on any atom is 0.335 e. The van der Waals surface area contributed by atoms with Crippen LogP contribution in [0.4, 0.5) is 10.5 Å². The summed E-state index contributed by atoms with van der Waals surface area (Å²) in [5, 5.41) is 2.24. The zero-order valence-electron chi connectivity index (χ0n) is 17.8. The fraction of sp³-hybridized carbons (Fsp3) is 0.0800. The molecule has 0 radical (unpaired) electrons. The average Bonchev–Trinajstić information content (AvgIpc) is 2.79. The Morgan fingerprint density at radius 3 is 2.24 bits per heavy atom. The van der Waals surface area contributed by atoms with Gasteiger partial charge >= 0.3 is 6.03 Å². The summed E-state index contributed by atoms with van der Waals surface area (Å²) in [7, 11) is 0. The highest BCUT2D eigenvalue weighted by molar-refractivity contribution is 9.11. The SMILES string of the molecule is Cc1cc(N2C(=O)NC(=O)/C(=C\c3cc(Br)c(OCc4ccccc4)c(Br)c3)C2=O)ccc1Br. The summed E-state index contributed by atoms with van der Waals surface area (Å²) in [5.41, 5.74) is 2.65. The van der Waals surface area contributed by atoms with Crippen molar-refractivity contribution in [3.63, 3.8) is 0 Å². The van der Waals surface area contributed by atoms with E-state index in [-0.39, 0.29) is 5.57 Å². The van der Waals surface area contributed by atoms with Crippen molar-refractivity contribution < 1.29 is 19.1 Å². The standard InChI is InChI=1S/C25H17Br3N2O4/c1-14-9-17(7-8-19(14)26)30-24(32)18(23(31)29-25(30)33)10-16-11-20(27)22(21(28)12-16)34-13-15-5-3-2-4-6-15/h2-12H,13H2,1H3,(H,29,31,33)/b18-10+. The number of barbiturate groups is 1. The Bertz CT molecular complexity index is 1320. The van der Waals surface area contributed by atoms with Crippen molar-refractivity contribution in [2.75, 3.05) is 4.90 Å². The summed E-state index contributed by atoms with van der Waals surface area (Å²) < 4.78 is 8.06. The highest BCUT2D eigenvalue weighted by Crippen LogP contribution is 2.36. The van der Waals surface area contributed by atoms with Gasteiger partial charge in [0, 0.05) is 4.47 Å². The molecular formula is C25H17Br3N2O4. The van der Waals surface area contributed by atoms with Crippen LogP contribution in [-0.2, 0) is 16.2 Å². The zero-order chi connectivity index (χ0) is 24.4. The molecule has 0 bridgehead atoms. The van der Waals surface area contributed by atoms with E-state index in [0.29, 0.717) is 32.6 Å². The minimum Gasteiger partial charge on any atom is -0.487 e. The lowest BCUT2D eigenvalue weighted by molar-refractivity contribution is -0.122. The molecule has 0 atom stereocenters. The van der Waals surface area contributed by atoms with Crippen molar-refractivity contribution in [2.24, 2.45) is 0 Å². The van der Waals surface area contributed by atoms with Crippen LogP contribution in [0.2, 0.25) is 0 Å². The first-order chi connectivity index (χ1) is 16.2. The van der Waals surface area contributed by atoms with Crippen molar-refractivity contribution in [1.29, 1.82) is 0 Å². The number of aryl methyl sites for hydroxylation is 1. The van der Waals surface area contributed by atoms with E-state index >= 15 is 0 Å². The molecule has 3 aromatic carbocycles. The van der Waals surface area contributed by atoms with E-state index in [1.54, 1.807) is 30.3 Å². The monoisotopic (exact) mass is 646 g/mol. The van der Waals surface area contributed by atoms with Gasteiger partial charge in [0.1, 0.15) is 17.9 Å². The molecule has 0 aromatic heterocycles. The van der Waals surface area contributed by atoms with Gasteiger partial charge in [0.05, 0.1) is 14.6 Å². The summed E-state index contributed by atoms with van der Waals surface area (Å²) >= 11 is 10.4. The van der Waals surface area contributed by atoms with E-state index in [4.69, 9.17) is 4.74 Å². The number of nitrogens with one attached hydrogen (secondary N) is 1. The van der Waals surface area contributed by atoms with Gasteiger partial charge in [0.25, 0.3) is 11.8 Å². The number of hydrogen-bond donors (Lipinski definition) is 1. The quantitative estimate of drug-likeness (QED) is 0.252. The van der Waals surface area contributed by atoms with Gasteiger partial charge < -0.3 is 4.74 Å². The Morgan fingerprint density at radius 1 is 0.912 bits per heavy atom. The predicted molar refractivity (Wildman–Crippen MR) is 140 cm³/mol. The second kappa shape index (κ2) is 10.2. The molecular weight excluding hydrogens is 632 g/mol. The third-order valence-electron chi connectivity index (χ3n) is 5.06. The molecule has 3 aromatic rings. The highest BCUT2D eigenvalue weighted by Gasteiger charge is 2.37. The molecule has 6 nitrogen and oxygen atoms in total. The Morgan fingerprint density at radius 2 is 1.59 bits per heavy atom. The van der Waals surface area contributed by atoms with E-state index in [9.17, 15) is 14.4 Å². The van der Waals surface area contributed by atoms with Gasteiger partial charge in [0.15, 0.2) is 0 Å². The van der Waals surface area contributed by atoms with Crippen molar-refractivity contribution >= 4 is 77.4 Å². The maximum absolute atomic E-state index is 13.2. The van der Waals surface area contributed by atoms with Gasteiger partial charge in [-0.2, -0.15) is 0 Å². The van der Waals surface area contributed by atoms with Gasteiger partial charge in [-0.05, 0) is 91.9 Å². The Kier molecular flexibility index (Phi) is 7.35. The molecule has 0 unspecified atom stereocenters. The minimum atomic E-state index is -0.791. The van der Waals surface area contributed by atoms with Crippen LogP contribution in [0.25, 0.3) is 6.08 Å². The molecule has 1 aliphatic heterocycles. The van der Waals surface area contributed by atoms with Gasteiger partial charge in [-0.3, -0.25) is 14.9 Å². The molecule has 1 fully saturated rings. The minimum absolute atomic E-state index is 0.156. The van der Waals surface area contributed by atoms with E-state index in [0.717, 1.165) is 20.5 Å². The van der Waals surface area contributed by atoms with E-state index in [1.807, 2.05) is 37.3 Å². The lowest BCUT2D eigenvalue weighted by atomic mass is 10.1. The molecule has 0 aliphatic carbocycles. The summed E-state index contributed by atoms with van der Waals surface area (Å²) in [4.78, 5) is 39.1. The summed E-state index contributed by atoms with van der Waals surface area (Å²) in [6.07, 6.45) is 1.44. The van der Waals surface area contributed by atoms with Gasteiger partial charge in [-0.15, -0.1) is 0 Å². The number of hydrogen-bond acceptors (Lipinski definition) is 4. The fourth-order valence-corrected chi connectivity index (χ4v) is 5.05. The second-order valence-electron chi connectivity index (χ2n) is 7.48. The topological polar surface area (TPSA) is 75.7 Å². The smallest absolute Gasteiger partial charge is 0.335 e. The molecule has 0 saturated carbocycles. The van der Waals surface area contributed by atoms with Crippen LogP contribution in [0.5, 0.6) is 5.75 Å². The molecule has 0 spiro atoms. The highest BCUT2D eigenvalue weighted by atomic mass is 79.9. The number of amides is 4. The number of halogens is 3. The van der Waals surface area contributed by atoms with Crippen molar-refractivity contribution in [2.45, 2.75) is 13.5 Å². The number of carbonyl (C=O) groups excluding carboxylic acids is 3. The van der Waals surface area contributed by atoms with E-state index in [2.05, 4.69) is 53.1 Å². The summed E-state index contributed by atoms with van der Waals surface area (Å²) in [6, 6.07) is 17.5. The van der Waals surface area contributed by atoms with E-state index < -0.39 is 17.8 Å². The first kappa shape index (κ1) is 24.4. The van der Waals surface area contributed by atoms with Crippen LogP contribution in [0.1, 0.15) is 16.7 Å². The number of nitrogens with zero attached hydrogens (tertiary/aromatic N) is 1. The average molecular weight is 649 g/mol. The van der Waals surface area contributed by atoms with Crippen molar-refractivity contribution in [1.82, 2.24) is 5.32 Å². The first-order valence-electron chi connectivity index (χ1n) is 10.1. The van der Waals surface area contributed by atoms with Crippen LogP contribution in [0, 0.1) is 6.92 Å². The molecule has 4 amide bonds. The fourth-order valence-electron chi connectivity index (χ4n) is 3.36. The van der Waals surface area contributed by atoms with Gasteiger partial charge in [-0.25, -0.2) is 9.69 Å². The first-order valence-corrected chi connectivity index (χ1v) is 12.5. The molecule has 4 rings (SSSR count). The number of anilines is 1. The number of rotatable bonds is 5. The Balaban J connectivity index is 1.63. The van der Waals surface area contributed by atoms with Crippen LogP contribution in [0.3, 0.4) is 0 Å². The second-order valence-corrected chi connectivity index (χ2v) is 10.0. The van der Waals surface area contributed by atoms with Crippen LogP contribution < -0.4 is 15.0 Å². The van der Waals surface area contributed by atoms with Crippen LogP contribution >= 0.6 is 47.8 Å². The van der Waals surface area contributed by atoms with Gasteiger partial charge in [0.2, 0.25) is 0 Å². The van der Waals surface area contributed by atoms with Crippen LogP contribution in [-0.4, -0.2) is 17.8 Å². The number of ether oxygens (including phenoxy) is 1. The molecule has 1 aliphatic rings. The van der Waals surface area contributed by atoms with E-state index in [1.165, 1.54) is 6.08 Å². The molecule has 1 heterocycles. The van der Waals surface area contributed by atoms with Crippen molar-refractivity contribution in [3.05, 3.63) is 96.3 Å². The molecule has 1 N–H and O–H groups in total. The third kappa shape index (κ3) is 5.16. The largest absolute Gasteiger partial charge is 0.487 e. The number of imide groups is 2. The molecule has 1 saturated heterocycles.